The maximum atomic E-state index is 12.4. The number of nitrogens with zero attached hydrogens (tertiary/aromatic N) is 4. The van der Waals surface area contributed by atoms with Gasteiger partial charge in [-0.3, -0.25) is 9.59 Å². The van der Waals surface area contributed by atoms with E-state index in [4.69, 9.17) is 0 Å². The first kappa shape index (κ1) is 22.8. The van der Waals surface area contributed by atoms with Gasteiger partial charge < -0.3 is 20.4 Å². The molecule has 1 aliphatic heterocycles. The van der Waals surface area contributed by atoms with E-state index in [1.807, 2.05) is 47.4 Å². The predicted molar refractivity (Wildman–Crippen MR) is 138 cm³/mol. The summed E-state index contributed by atoms with van der Waals surface area (Å²) >= 11 is 0. The average molecular weight is 471 g/mol. The van der Waals surface area contributed by atoms with E-state index in [0.717, 1.165) is 60.9 Å². The van der Waals surface area contributed by atoms with Gasteiger partial charge in [-0.2, -0.15) is 0 Å². The minimum absolute atomic E-state index is 0.0996. The smallest absolute Gasteiger partial charge is 0.227 e. The second-order valence-electron chi connectivity index (χ2n) is 9.21. The number of piperazine rings is 1. The SMILES string of the molecule is CC(=O)Nc1ccc(-c2ccnc(Nc3cccc(N4CCN(C(=O)CC5CC5)CC4)c3)n2)cc1. The van der Waals surface area contributed by atoms with E-state index in [1.165, 1.54) is 19.8 Å². The van der Waals surface area contributed by atoms with Gasteiger partial charge in [0.2, 0.25) is 17.8 Å². The second-order valence-corrected chi connectivity index (χ2v) is 9.21. The third kappa shape index (κ3) is 5.95. The van der Waals surface area contributed by atoms with Crippen molar-refractivity contribution in [2.75, 3.05) is 41.7 Å². The molecule has 0 spiro atoms. The van der Waals surface area contributed by atoms with Gasteiger partial charge in [-0.05, 0) is 55.2 Å². The summed E-state index contributed by atoms with van der Waals surface area (Å²) in [5.74, 6) is 1.36. The molecule has 0 bridgehead atoms. The molecule has 1 aromatic heterocycles. The Morgan fingerprint density at radius 1 is 0.971 bits per heavy atom. The average Bonchev–Trinajstić information content (AvgIpc) is 3.69. The molecule has 0 unspecified atom stereocenters. The van der Waals surface area contributed by atoms with Crippen LogP contribution < -0.4 is 15.5 Å². The summed E-state index contributed by atoms with van der Waals surface area (Å²) in [5, 5.41) is 6.09. The summed E-state index contributed by atoms with van der Waals surface area (Å²) in [4.78, 5) is 37.0. The summed E-state index contributed by atoms with van der Waals surface area (Å²) in [6.45, 7) is 4.70. The van der Waals surface area contributed by atoms with E-state index in [0.29, 0.717) is 17.8 Å². The molecule has 180 valence electrons. The van der Waals surface area contributed by atoms with Crippen molar-refractivity contribution in [1.29, 1.82) is 0 Å². The van der Waals surface area contributed by atoms with E-state index in [-0.39, 0.29) is 5.91 Å². The molecule has 2 fully saturated rings. The van der Waals surface area contributed by atoms with Crippen molar-refractivity contribution in [2.45, 2.75) is 26.2 Å². The molecular weight excluding hydrogens is 440 g/mol. The highest BCUT2D eigenvalue weighted by Crippen LogP contribution is 2.33. The van der Waals surface area contributed by atoms with E-state index in [1.54, 1.807) is 6.20 Å². The molecule has 1 saturated heterocycles. The number of carbonyl (C=O) groups excluding carboxylic acids is 2. The molecule has 3 aromatic rings. The van der Waals surface area contributed by atoms with Crippen molar-refractivity contribution in [3.8, 4) is 11.3 Å². The largest absolute Gasteiger partial charge is 0.368 e. The maximum Gasteiger partial charge on any atom is 0.227 e. The van der Waals surface area contributed by atoms with Gasteiger partial charge in [-0.1, -0.05) is 18.2 Å². The van der Waals surface area contributed by atoms with Crippen LogP contribution in [0.4, 0.5) is 23.0 Å². The van der Waals surface area contributed by atoms with Crippen LogP contribution in [0, 0.1) is 5.92 Å². The Kier molecular flexibility index (Phi) is 6.61. The summed E-state index contributed by atoms with van der Waals surface area (Å²) in [6.07, 6.45) is 4.87. The van der Waals surface area contributed by atoms with Gasteiger partial charge in [0.05, 0.1) is 5.69 Å². The first-order valence-electron chi connectivity index (χ1n) is 12.1. The van der Waals surface area contributed by atoms with E-state index in [2.05, 4.69) is 37.6 Å². The quantitative estimate of drug-likeness (QED) is 0.535. The van der Waals surface area contributed by atoms with Crippen molar-refractivity contribution < 1.29 is 9.59 Å². The highest BCUT2D eigenvalue weighted by atomic mass is 16.2. The van der Waals surface area contributed by atoms with Crippen molar-refractivity contribution in [2.24, 2.45) is 5.92 Å². The standard InChI is InChI=1S/C27H30N6O2/c1-19(34)29-22-9-7-21(8-10-22)25-11-12-28-27(31-25)30-23-3-2-4-24(18-23)32-13-15-33(16-14-32)26(35)17-20-5-6-20/h2-4,7-12,18,20H,5-6,13-17H2,1H3,(H,29,34)(H,28,30,31). The van der Waals surface area contributed by atoms with Gasteiger partial charge in [0.25, 0.3) is 0 Å². The number of nitrogens with one attached hydrogen (secondary N) is 2. The fraction of sp³-hybridized carbons (Fsp3) is 0.333. The molecule has 1 aliphatic carbocycles. The molecule has 1 saturated carbocycles. The van der Waals surface area contributed by atoms with Gasteiger partial charge in [-0.25, -0.2) is 9.97 Å². The normalized spacial score (nSPS) is 15.6. The van der Waals surface area contributed by atoms with Crippen molar-refractivity contribution in [3.63, 3.8) is 0 Å². The molecule has 5 rings (SSSR count). The molecule has 0 radical (unpaired) electrons. The maximum absolute atomic E-state index is 12.4. The third-order valence-electron chi connectivity index (χ3n) is 6.42. The second kappa shape index (κ2) is 10.1. The molecule has 8 heteroatoms. The first-order chi connectivity index (χ1) is 17.0. The molecule has 35 heavy (non-hydrogen) atoms. The summed E-state index contributed by atoms with van der Waals surface area (Å²) < 4.78 is 0. The Bertz CT molecular complexity index is 1200. The highest BCUT2D eigenvalue weighted by molar-refractivity contribution is 5.89. The highest BCUT2D eigenvalue weighted by Gasteiger charge is 2.28. The Hall–Kier alpha value is -3.94. The lowest BCUT2D eigenvalue weighted by Gasteiger charge is -2.36. The molecule has 2 aromatic carbocycles. The van der Waals surface area contributed by atoms with Crippen molar-refractivity contribution >= 4 is 34.8 Å². The monoisotopic (exact) mass is 470 g/mol. The number of hydrogen-bond donors (Lipinski definition) is 2. The topological polar surface area (TPSA) is 90.5 Å². The summed E-state index contributed by atoms with van der Waals surface area (Å²) in [6, 6.07) is 17.6. The lowest BCUT2D eigenvalue weighted by molar-refractivity contribution is -0.131. The molecule has 8 nitrogen and oxygen atoms in total. The minimum Gasteiger partial charge on any atom is -0.368 e. The molecule has 2 amide bonds. The first-order valence-corrected chi connectivity index (χ1v) is 12.1. The fourth-order valence-electron chi connectivity index (χ4n) is 4.33. The Labute approximate surface area is 205 Å². The third-order valence-corrected chi connectivity index (χ3v) is 6.42. The number of anilines is 4. The van der Waals surface area contributed by atoms with Gasteiger partial charge in [-0.15, -0.1) is 0 Å². The molecule has 0 atom stereocenters. The molecule has 2 N–H and O–H groups in total. The van der Waals surface area contributed by atoms with Crippen LogP contribution >= 0.6 is 0 Å². The molecule has 2 heterocycles. The predicted octanol–water partition coefficient (Wildman–Crippen LogP) is 4.29. The van der Waals surface area contributed by atoms with E-state index >= 15 is 0 Å². The van der Waals surface area contributed by atoms with Crippen molar-refractivity contribution in [3.05, 3.63) is 60.8 Å². The lowest BCUT2D eigenvalue weighted by Crippen LogP contribution is -2.48. The minimum atomic E-state index is -0.0996. The van der Waals surface area contributed by atoms with Gasteiger partial charge in [0.15, 0.2) is 0 Å². The van der Waals surface area contributed by atoms with Crippen molar-refractivity contribution in [1.82, 2.24) is 14.9 Å². The zero-order valence-corrected chi connectivity index (χ0v) is 19.9. The van der Waals surface area contributed by atoms with Crippen LogP contribution in [0.15, 0.2) is 60.8 Å². The molecule has 2 aliphatic rings. The van der Waals surface area contributed by atoms with Gasteiger partial charge >= 0.3 is 0 Å². The van der Waals surface area contributed by atoms with E-state index < -0.39 is 0 Å². The number of aromatic nitrogens is 2. The van der Waals surface area contributed by atoms with Crippen LogP contribution in [0.5, 0.6) is 0 Å². The van der Waals surface area contributed by atoms with Crippen LogP contribution in [-0.4, -0.2) is 52.9 Å². The zero-order valence-electron chi connectivity index (χ0n) is 19.9. The number of amides is 2. The number of benzene rings is 2. The summed E-state index contributed by atoms with van der Waals surface area (Å²) in [5.41, 5.74) is 4.51. The zero-order chi connectivity index (χ0) is 24.2. The Morgan fingerprint density at radius 2 is 1.74 bits per heavy atom. The van der Waals surface area contributed by atoms with Crippen LogP contribution in [0.2, 0.25) is 0 Å². The Balaban J connectivity index is 1.22. The van der Waals surface area contributed by atoms with E-state index in [9.17, 15) is 9.59 Å². The van der Waals surface area contributed by atoms with Crippen LogP contribution in [0.3, 0.4) is 0 Å². The van der Waals surface area contributed by atoms with Crippen LogP contribution in [0.25, 0.3) is 11.3 Å². The van der Waals surface area contributed by atoms with Crippen LogP contribution in [0.1, 0.15) is 26.2 Å². The fourth-order valence-corrected chi connectivity index (χ4v) is 4.33. The van der Waals surface area contributed by atoms with Crippen LogP contribution in [-0.2, 0) is 9.59 Å². The van der Waals surface area contributed by atoms with Gasteiger partial charge in [0, 0.05) is 68.3 Å². The number of hydrogen-bond acceptors (Lipinski definition) is 6. The number of rotatable bonds is 7. The summed E-state index contributed by atoms with van der Waals surface area (Å²) in [7, 11) is 0. The number of carbonyl (C=O) groups is 2. The Morgan fingerprint density at radius 3 is 2.46 bits per heavy atom. The lowest BCUT2D eigenvalue weighted by atomic mass is 10.1. The van der Waals surface area contributed by atoms with Gasteiger partial charge in [0.1, 0.15) is 0 Å². The molecular formula is C27H30N6O2.